The Balaban J connectivity index is 1.43. The maximum absolute atomic E-state index is 12.4. The molecule has 0 aliphatic carbocycles. The van der Waals surface area contributed by atoms with E-state index >= 15 is 0 Å². The average Bonchev–Trinajstić information content (AvgIpc) is 2.68. The van der Waals surface area contributed by atoms with Crippen LogP contribution in [0.15, 0.2) is 54.6 Å². The number of para-hydroxylation sites is 1. The van der Waals surface area contributed by atoms with Crippen molar-refractivity contribution in [3.63, 3.8) is 0 Å². The predicted molar refractivity (Wildman–Crippen MR) is 103 cm³/mol. The minimum Gasteiger partial charge on any atom is -0.339 e. The summed E-state index contributed by atoms with van der Waals surface area (Å²) in [5.41, 5.74) is 3.20. The summed E-state index contributed by atoms with van der Waals surface area (Å²) in [6.07, 6.45) is 1.27. The lowest BCUT2D eigenvalue weighted by Crippen LogP contribution is -2.51. The molecule has 0 aromatic heterocycles. The number of nitrogens with one attached hydrogen (secondary N) is 1. The fourth-order valence-electron chi connectivity index (χ4n) is 3.05. The molecule has 3 amide bonds. The van der Waals surface area contributed by atoms with Gasteiger partial charge in [-0.1, -0.05) is 48.0 Å². The third kappa shape index (κ3) is 4.85. The van der Waals surface area contributed by atoms with Gasteiger partial charge in [0, 0.05) is 38.3 Å². The van der Waals surface area contributed by atoms with E-state index in [0.717, 1.165) is 12.1 Å². The third-order valence-electron chi connectivity index (χ3n) is 4.69. The van der Waals surface area contributed by atoms with E-state index in [4.69, 9.17) is 0 Å². The van der Waals surface area contributed by atoms with Crippen LogP contribution in [0.2, 0.25) is 0 Å². The molecule has 3 rings (SSSR count). The van der Waals surface area contributed by atoms with E-state index in [0.29, 0.717) is 32.6 Å². The highest BCUT2D eigenvalue weighted by molar-refractivity contribution is 5.89. The predicted octanol–water partition coefficient (Wildman–Crippen LogP) is 3.30. The number of benzene rings is 2. The van der Waals surface area contributed by atoms with E-state index in [1.807, 2.05) is 35.2 Å². The monoisotopic (exact) mass is 351 g/mol. The molecule has 0 unspecified atom stereocenters. The molecule has 1 saturated heterocycles. The van der Waals surface area contributed by atoms with E-state index in [9.17, 15) is 9.59 Å². The van der Waals surface area contributed by atoms with Crippen LogP contribution in [-0.4, -0.2) is 47.9 Å². The molecule has 1 fully saturated rings. The van der Waals surface area contributed by atoms with Gasteiger partial charge in [-0.15, -0.1) is 0 Å². The molecule has 26 heavy (non-hydrogen) atoms. The summed E-state index contributed by atoms with van der Waals surface area (Å²) in [5, 5.41) is 2.89. The Bertz CT molecular complexity index is 736. The van der Waals surface area contributed by atoms with Gasteiger partial charge in [-0.25, -0.2) is 4.79 Å². The number of carbonyl (C=O) groups excluding carboxylic acids is 2. The number of hydrogen-bond donors (Lipinski definition) is 1. The van der Waals surface area contributed by atoms with Gasteiger partial charge in [0.2, 0.25) is 5.91 Å². The molecule has 1 aliphatic rings. The first-order valence-corrected chi connectivity index (χ1v) is 9.06. The number of piperazine rings is 1. The van der Waals surface area contributed by atoms with Crippen LogP contribution in [0.25, 0.3) is 0 Å². The van der Waals surface area contributed by atoms with Crippen LogP contribution < -0.4 is 5.32 Å². The van der Waals surface area contributed by atoms with E-state index < -0.39 is 0 Å². The zero-order valence-electron chi connectivity index (χ0n) is 15.1. The minimum absolute atomic E-state index is 0.108. The molecule has 0 radical (unpaired) electrons. The number of aryl methyl sites for hydroxylation is 2. The van der Waals surface area contributed by atoms with Gasteiger partial charge in [0.25, 0.3) is 0 Å². The SMILES string of the molecule is Cc1ccc(CCC(=O)N2CCN(C(=O)Nc3ccccc3)CC2)cc1. The first-order valence-electron chi connectivity index (χ1n) is 9.06. The second-order valence-corrected chi connectivity index (χ2v) is 6.65. The zero-order chi connectivity index (χ0) is 18.4. The van der Waals surface area contributed by atoms with E-state index in [1.54, 1.807) is 4.90 Å². The van der Waals surface area contributed by atoms with Crippen molar-refractivity contribution in [1.82, 2.24) is 9.80 Å². The number of nitrogens with zero attached hydrogens (tertiary/aromatic N) is 2. The maximum atomic E-state index is 12.4. The molecular formula is C21H25N3O2. The number of urea groups is 1. The van der Waals surface area contributed by atoms with E-state index in [-0.39, 0.29) is 11.9 Å². The highest BCUT2D eigenvalue weighted by Crippen LogP contribution is 2.11. The van der Waals surface area contributed by atoms with Crippen molar-refractivity contribution in [3.05, 3.63) is 65.7 Å². The van der Waals surface area contributed by atoms with Gasteiger partial charge < -0.3 is 15.1 Å². The van der Waals surface area contributed by atoms with Crippen molar-refractivity contribution in [3.8, 4) is 0 Å². The number of rotatable bonds is 4. The summed E-state index contributed by atoms with van der Waals surface area (Å²) in [4.78, 5) is 28.3. The van der Waals surface area contributed by atoms with Crippen LogP contribution in [-0.2, 0) is 11.2 Å². The quantitative estimate of drug-likeness (QED) is 0.919. The maximum Gasteiger partial charge on any atom is 0.321 e. The largest absolute Gasteiger partial charge is 0.339 e. The van der Waals surface area contributed by atoms with Crippen LogP contribution in [0, 0.1) is 6.92 Å². The fraction of sp³-hybridized carbons (Fsp3) is 0.333. The van der Waals surface area contributed by atoms with Gasteiger partial charge in [0.1, 0.15) is 0 Å². The molecule has 1 N–H and O–H groups in total. The Labute approximate surface area is 154 Å². The Kier molecular flexibility index (Phi) is 5.89. The molecule has 0 spiro atoms. The Morgan fingerprint density at radius 3 is 2.15 bits per heavy atom. The molecule has 1 heterocycles. The Hall–Kier alpha value is -2.82. The van der Waals surface area contributed by atoms with Crippen molar-refractivity contribution in [2.75, 3.05) is 31.5 Å². The molecule has 5 heteroatoms. The van der Waals surface area contributed by atoms with Crippen molar-refractivity contribution >= 4 is 17.6 Å². The van der Waals surface area contributed by atoms with Crippen molar-refractivity contribution in [2.24, 2.45) is 0 Å². The molecule has 2 aromatic carbocycles. The van der Waals surface area contributed by atoms with Gasteiger partial charge in [-0.2, -0.15) is 0 Å². The summed E-state index contributed by atoms with van der Waals surface area (Å²) >= 11 is 0. The van der Waals surface area contributed by atoms with Crippen LogP contribution in [0.3, 0.4) is 0 Å². The smallest absolute Gasteiger partial charge is 0.321 e. The van der Waals surface area contributed by atoms with Gasteiger partial charge in [-0.3, -0.25) is 4.79 Å². The normalized spacial score (nSPS) is 14.2. The van der Waals surface area contributed by atoms with Gasteiger partial charge in [0.15, 0.2) is 0 Å². The lowest BCUT2D eigenvalue weighted by Gasteiger charge is -2.34. The Morgan fingerprint density at radius 2 is 1.50 bits per heavy atom. The lowest BCUT2D eigenvalue weighted by atomic mass is 10.1. The summed E-state index contributed by atoms with van der Waals surface area (Å²) < 4.78 is 0. The van der Waals surface area contributed by atoms with Gasteiger partial charge >= 0.3 is 6.03 Å². The van der Waals surface area contributed by atoms with E-state index in [2.05, 4.69) is 36.5 Å². The van der Waals surface area contributed by atoms with Crippen LogP contribution in [0.1, 0.15) is 17.5 Å². The number of amides is 3. The molecule has 0 atom stereocenters. The van der Waals surface area contributed by atoms with Gasteiger partial charge in [0.05, 0.1) is 0 Å². The van der Waals surface area contributed by atoms with Crippen molar-refractivity contribution in [1.29, 1.82) is 0 Å². The molecular weight excluding hydrogens is 326 g/mol. The second-order valence-electron chi connectivity index (χ2n) is 6.65. The Morgan fingerprint density at radius 1 is 0.885 bits per heavy atom. The van der Waals surface area contributed by atoms with Crippen molar-refractivity contribution in [2.45, 2.75) is 19.8 Å². The topological polar surface area (TPSA) is 52.7 Å². The molecule has 2 aromatic rings. The molecule has 5 nitrogen and oxygen atoms in total. The first kappa shape index (κ1) is 18.0. The molecule has 1 aliphatic heterocycles. The molecule has 0 saturated carbocycles. The average molecular weight is 351 g/mol. The third-order valence-corrected chi connectivity index (χ3v) is 4.69. The first-order chi connectivity index (χ1) is 12.6. The summed E-state index contributed by atoms with van der Waals surface area (Å²) in [7, 11) is 0. The van der Waals surface area contributed by atoms with E-state index in [1.165, 1.54) is 11.1 Å². The standard InChI is InChI=1S/C21H25N3O2/c1-17-7-9-18(10-8-17)11-12-20(25)23-13-15-24(16-14-23)21(26)22-19-5-3-2-4-6-19/h2-10H,11-16H2,1H3,(H,22,26). The van der Waals surface area contributed by atoms with Crippen LogP contribution >= 0.6 is 0 Å². The number of hydrogen-bond acceptors (Lipinski definition) is 2. The molecule has 0 bridgehead atoms. The summed E-state index contributed by atoms with van der Waals surface area (Å²) in [5.74, 6) is 0.161. The molecule has 136 valence electrons. The highest BCUT2D eigenvalue weighted by Gasteiger charge is 2.23. The summed E-state index contributed by atoms with van der Waals surface area (Å²) in [6, 6.07) is 17.6. The second kappa shape index (κ2) is 8.52. The fourth-order valence-corrected chi connectivity index (χ4v) is 3.05. The minimum atomic E-state index is -0.108. The number of carbonyl (C=O) groups is 2. The van der Waals surface area contributed by atoms with Crippen LogP contribution in [0.4, 0.5) is 10.5 Å². The van der Waals surface area contributed by atoms with Crippen LogP contribution in [0.5, 0.6) is 0 Å². The summed E-state index contributed by atoms with van der Waals surface area (Å²) in [6.45, 7) is 4.37. The lowest BCUT2D eigenvalue weighted by molar-refractivity contribution is -0.132. The van der Waals surface area contributed by atoms with Gasteiger partial charge in [-0.05, 0) is 31.0 Å². The highest BCUT2D eigenvalue weighted by atomic mass is 16.2. The zero-order valence-corrected chi connectivity index (χ0v) is 15.1. The van der Waals surface area contributed by atoms with Crippen molar-refractivity contribution < 1.29 is 9.59 Å². The number of anilines is 1.